The number of amides is 1. The number of allylic oxidation sites excluding steroid dienone is 1. The number of hydrogen-bond acceptors (Lipinski definition) is 6. The zero-order chi connectivity index (χ0) is 18.8. The first-order valence-corrected chi connectivity index (χ1v) is 9.43. The van der Waals surface area contributed by atoms with Crippen molar-refractivity contribution in [3.63, 3.8) is 0 Å². The van der Waals surface area contributed by atoms with E-state index >= 15 is 0 Å². The number of anilines is 1. The van der Waals surface area contributed by atoms with Gasteiger partial charge in [0.25, 0.3) is 0 Å². The SMILES string of the molecule is CC1=C(C(N)=O)[C@H](c2cccnc2)n2nc(SCc3ccccc3)nc2N1. The maximum absolute atomic E-state index is 12.1. The molecule has 0 spiro atoms. The van der Waals surface area contributed by atoms with Crippen LogP contribution in [-0.4, -0.2) is 25.7 Å². The van der Waals surface area contributed by atoms with Crippen LogP contribution in [0.3, 0.4) is 0 Å². The van der Waals surface area contributed by atoms with Gasteiger partial charge in [0.2, 0.25) is 17.0 Å². The molecule has 0 bridgehead atoms. The average Bonchev–Trinajstić information content (AvgIpc) is 3.09. The molecule has 0 aliphatic carbocycles. The summed E-state index contributed by atoms with van der Waals surface area (Å²) in [6.07, 6.45) is 3.41. The molecule has 4 rings (SSSR count). The highest BCUT2D eigenvalue weighted by atomic mass is 32.2. The number of rotatable bonds is 5. The second kappa shape index (κ2) is 7.24. The Morgan fingerprint density at radius 2 is 2.07 bits per heavy atom. The fourth-order valence-corrected chi connectivity index (χ4v) is 3.86. The van der Waals surface area contributed by atoms with Crippen molar-refractivity contribution in [3.05, 3.63) is 77.3 Å². The molecule has 3 heterocycles. The van der Waals surface area contributed by atoms with Gasteiger partial charge >= 0.3 is 0 Å². The van der Waals surface area contributed by atoms with E-state index < -0.39 is 11.9 Å². The lowest BCUT2D eigenvalue weighted by atomic mass is 9.97. The van der Waals surface area contributed by atoms with Crippen molar-refractivity contribution in [1.29, 1.82) is 0 Å². The van der Waals surface area contributed by atoms with Crippen molar-refractivity contribution in [2.24, 2.45) is 5.73 Å². The van der Waals surface area contributed by atoms with E-state index in [1.54, 1.807) is 28.8 Å². The van der Waals surface area contributed by atoms with Crippen molar-refractivity contribution in [3.8, 4) is 0 Å². The molecule has 0 fully saturated rings. The number of hydrogen-bond donors (Lipinski definition) is 2. The lowest BCUT2D eigenvalue weighted by Gasteiger charge is -2.27. The van der Waals surface area contributed by atoms with Crippen LogP contribution in [0.5, 0.6) is 0 Å². The van der Waals surface area contributed by atoms with Crippen LogP contribution in [0.1, 0.15) is 24.1 Å². The van der Waals surface area contributed by atoms with Gasteiger partial charge in [0.05, 0.1) is 5.57 Å². The molecule has 8 heteroatoms. The lowest BCUT2D eigenvalue weighted by Crippen LogP contribution is -2.31. The molecular weight excluding hydrogens is 360 g/mol. The summed E-state index contributed by atoms with van der Waals surface area (Å²) in [4.78, 5) is 20.9. The topological polar surface area (TPSA) is 98.7 Å². The second-order valence-corrected chi connectivity index (χ2v) is 7.10. The number of pyridine rings is 1. The maximum Gasteiger partial charge on any atom is 0.248 e. The predicted octanol–water partition coefficient (Wildman–Crippen LogP) is 2.74. The van der Waals surface area contributed by atoms with E-state index in [1.807, 2.05) is 37.3 Å². The van der Waals surface area contributed by atoms with Crippen LogP contribution < -0.4 is 11.1 Å². The summed E-state index contributed by atoms with van der Waals surface area (Å²) in [7, 11) is 0. The molecule has 1 atom stereocenters. The second-order valence-electron chi connectivity index (χ2n) is 6.15. The standard InChI is InChI=1S/C19H18N6OS/c1-12-15(17(20)26)16(14-8-5-9-21-10-14)25-18(22-12)23-19(24-25)27-11-13-6-3-2-4-7-13/h2-10,16H,11H2,1H3,(H2,20,26)(H,22,23,24)/t16-/m0/s1. The molecule has 0 saturated heterocycles. The molecule has 1 aromatic carbocycles. The molecule has 0 radical (unpaired) electrons. The molecule has 3 aromatic rings. The Hall–Kier alpha value is -3.13. The van der Waals surface area contributed by atoms with Gasteiger partial charge in [0.15, 0.2) is 0 Å². The number of nitrogens with one attached hydrogen (secondary N) is 1. The Kier molecular flexibility index (Phi) is 4.64. The number of aromatic nitrogens is 4. The zero-order valence-electron chi connectivity index (χ0n) is 14.7. The third-order valence-electron chi connectivity index (χ3n) is 4.31. The summed E-state index contributed by atoms with van der Waals surface area (Å²) in [5, 5.41) is 8.40. The largest absolute Gasteiger partial charge is 0.366 e. The van der Waals surface area contributed by atoms with Crippen LogP contribution in [0.15, 0.2) is 71.3 Å². The third kappa shape index (κ3) is 3.43. The van der Waals surface area contributed by atoms with E-state index in [9.17, 15) is 4.79 Å². The van der Waals surface area contributed by atoms with Gasteiger partial charge in [-0.05, 0) is 24.1 Å². The predicted molar refractivity (Wildman–Crippen MR) is 104 cm³/mol. The van der Waals surface area contributed by atoms with Crippen molar-refractivity contribution in [1.82, 2.24) is 19.7 Å². The molecule has 27 heavy (non-hydrogen) atoms. The number of nitrogens with zero attached hydrogens (tertiary/aromatic N) is 4. The van der Waals surface area contributed by atoms with E-state index in [4.69, 9.17) is 5.73 Å². The molecular formula is C19H18N6OS. The van der Waals surface area contributed by atoms with Gasteiger partial charge in [-0.2, -0.15) is 4.98 Å². The van der Waals surface area contributed by atoms with Crippen molar-refractivity contribution >= 4 is 23.6 Å². The summed E-state index contributed by atoms with van der Waals surface area (Å²) < 4.78 is 1.71. The van der Waals surface area contributed by atoms with E-state index in [1.165, 1.54) is 5.56 Å². The number of fused-ring (bicyclic) bond motifs is 1. The van der Waals surface area contributed by atoms with Crippen molar-refractivity contribution < 1.29 is 4.79 Å². The summed E-state index contributed by atoms with van der Waals surface area (Å²) >= 11 is 1.54. The summed E-state index contributed by atoms with van der Waals surface area (Å²) in [6.45, 7) is 1.82. The van der Waals surface area contributed by atoms with Gasteiger partial charge in [-0.3, -0.25) is 9.78 Å². The first-order chi connectivity index (χ1) is 13.1. The summed E-state index contributed by atoms with van der Waals surface area (Å²) in [5.74, 6) is 0.854. The molecule has 2 aromatic heterocycles. The average molecular weight is 378 g/mol. The zero-order valence-corrected chi connectivity index (χ0v) is 15.5. The molecule has 3 N–H and O–H groups in total. The van der Waals surface area contributed by atoms with E-state index in [0.717, 1.165) is 11.3 Å². The summed E-state index contributed by atoms with van der Waals surface area (Å²) in [6, 6.07) is 13.4. The molecule has 1 aliphatic heterocycles. The maximum atomic E-state index is 12.1. The van der Waals surface area contributed by atoms with Crippen LogP contribution in [0.2, 0.25) is 0 Å². The van der Waals surface area contributed by atoms with Gasteiger partial charge < -0.3 is 11.1 Å². The minimum absolute atomic E-state index is 0.453. The Bertz CT molecular complexity index is 1000. The van der Waals surface area contributed by atoms with E-state index in [0.29, 0.717) is 22.4 Å². The van der Waals surface area contributed by atoms with Gasteiger partial charge in [0, 0.05) is 23.8 Å². The first kappa shape index (κ1) is 17.3. The lowest BCUT2D eigenvalue weighted by molar-refractivity contribution is -0.115. The quantitative estimate of drug-likeness (QED) is 0.663. The molecule has 1 aliphatic rings. The fraction of sp³-hybridized carbons (Fsp3) is 0.158. The normalized spacial score (nSPS) is 16.0. The number of benzene rings is 1. The number of nitrogens with two attached hydrogens (primary N) is 1. The smallest absolute Gasteiger partial charge is 0.248 e. The highest BCUT2D eigenvalue weighted by Crippen LogP contribution is 2.35. The molecule has 136 valence electrons. The van der Waals surface area contributed by atoms with Crippen molar-refractivity contribution in [2.45, 2.75) is 23.9 Å². The van der Waals surface area contributed by atoms with Gasteiger partial charge in [-0.15, -0.1) is 5.10 Å². The highest BCUT2D eigenvalue weighted by molar-refractivity contribution is 7.98. The highest BCUT2D eigenvalue weighted by Gasteiger charge is 2.33. The summed E-state index contributed by atoms with van der Waals surface area (Å²) in [5.41, 5.74) is 8.82. The molecule has 0 saturated carbocycles. The Labute approximate surface area is 160 Å². The van der Waals surface area contributed by atoms with E-state index in [2.05, 4.69) is 32.5 Å². The number of carbonyl (C=O) groups excluding carboxylic acids is 1. The molecule has 1 amide bonds. The number of carbonyl (C=O) groups is 1. The number of primary amides is 1. The minimum atomic E-state index is -0.492. The van der Waals surface area contributed by atoms with Gasteiger partial charge in [-0.1, -0.05) is 48.2 Å². The monoisotopic (exact) mass is 378 g/mol. The third-order valence-corrected chi connectivity index (χ3v) is 5.22. The number of thioether (sulfide) groups is 1. The minimum Gasteiger partial charge on any atom is -0.366 e. The van der Waals surface area contributed by atoms with Crippen LogP contribution in [0.4, 0.5) is 5.95 Å². The van der Waals surface area contributed by atoms with Gasteiger partial charge in [0.1, 0.15) is 6.04 Å². The van der Waals surface area contributed by atoms with Gasteiger partial charge in [-0.25, -0.2) is 4.68 Å². The van der Waals surface area contributed by atoms with E-state index in [-0.39, 0.29) is 0 Å². The van der Waals surface area contributed by atoms with Crippen molar-refractivity contribution in [2.75, 3.05) is 5.32 Å². The Morgan fingerprint density at radius 3 is 2.78 bits per heavy atom. The van der Waals surface area contributed by atoms with Crippen LogP contribution >= 0.6 is 11.8 Å². The van der Waals surface area contributed by atoms with Crippen LogP contribution in [0, 0.1) is 0 Å². The van der Waals surface area contributed by atoms with Crippen LogP contribution in [-0.2, 0) is 10.5 Å². The first-order valence-electron chi connectivity index (χ1n) is 8.44. The molecule has 0 unspecified atom stereocenters. The Balaban J connectivity index is 1.69. The van der Waals surface area contributed by atoms with Crippen LogP contribution in [0.25, 0.3) is 0 Å². The molecule has 7 nitrogen and oxygen atoms in total. The Morgan fingerprint density at radius 1 is 1.26 bits per heavy atom. The fourth-order valence-electron chi connectivity index (χ4n) is 3.08.